The van der Waals surface area contributed by atoms with Crippen molar-refractivity contribution >= 4 is 5.69 Å². The number of rotatable bonds is 1. The van der Waals surface area contributed by atoms with Crippen molar-refractivity contribution in [3.63, 3.8) is 0 Å². The van der Waals surface area contributed by atoms with E-state index in [-0.39, 0.29) is 0 Å². The fraction of sp³-hybridized carbons (Fsp3) is 0.250. The summed E-state index contributed by atoms with van der Waals surface area (Å²) in [6, 6.07) is 7.36. The summed E-state index contributed by atoms with van der Waals surface area (Å²) < 4.78 is 5.31. The fourth-order valence-electron chi connectivity index (χ4n) is 1.24. The highest BCUT2D eigenvalue weighted by molar-refractivity contribution is 5.58. The van der Waals surface area contributed by atoms with Crippen LogP contribution in [-0.4, -0.2) is 13.2 Å². The maximum atomic E-state index is 10.3. The average Bonchev–Trinajstić information content (AvgIpc) is 2.17. The van der Waals surface area contributed by atoms with E-state index in [2.05, 4.69) is 5.29 Å². The summed E-state index contributed by atoms with van der Waals surface area (Å²) in [5.74, 6) is 0.725. The number of anilines is 1. The van der Waals surface area contributed by atoms with Gasteiger partial charge in [0.15, 0.2) is 0 Å². The molecule has 2 rings (SSSR count). The van der Waals surface area contributed by atoms with Crippen molar-refractivity contribution in [2.75, 3.05) is 18.2 Å². The second-order valence-corrected chi connectivity index (χ2v) is 2.52. The SMILES string of the molecule is O=NN1CCOc2ccccc21. The van der Waals surface area contributed by atoms with Gasteiger partial charge < -0.3 is 4.74 Å². The number of hydrogen-bond acceptors (Lipinski definition) is 3. The average molecular weight is 164 g/mol. The van der Waals surface area contributed by atoms with E-state index in [1.807, 2.05) is 24.3 Å². The minimum atomic E-state index is 0.517. The molecule has 1 aromatic carbocycles. The normalized spacial score (nSPS) is 14.8. The molecule has 0 amide bonds. The van der Waals surface area contributed by atoms with Crippen molar-refractivity contribution in [1.29, 1.82) is 0 Å². The van der Waals surface area contributed by atoms with Gasteiger partial charge in [-0.1, -0.05) is 12.1 Å². The third-order valence-electron chi connectivity index (χ3n) is 1.80. The van der Waals surface area contributed by atoms with Gasteiger partial charge in [0.25, 0.3) is 0 Å². The van der Waals surface area contributed by atoms with E-state index >= 15 is 0 Å². The molecule has 1 aliphatic rings. The van der Waals surface area contributed by atoms with Crippen molar-refractivity contribution < 1.29 is 4.74 Å². The lowest BCUT2D eigenvalue weighted by molar-refractivity contribution is 0.308. The highest BCUT2D eigenvalue weighted by Gasteiger charge is 2.16. The summed E-state index contributed by atoms with van der Waals surface area (Å²) >= 11 is 0. The summed E-state index contributed by atoms with van der Waals surface area (Å²) in [6.07, 6.45) is 0. The third kappa shape index (κ3) is 1.01. The quantitative estimate of drug-likeness (QED) is 0.591. The van der Waals surface area contributed by atoms with Crippen molar-refractivity contribution in [1.82, 2.24) is 0 Å². The Labute approximate surface area is 69.7 Å². The van der Waals surface area contributed by atoms with Gasteiger partial charge in [-0.2, -0.15) is 0 Å². The van der Waals surface area contributed by atoms with Gasteiger partial charge in [-0.15, -0.1) is 4.91 Å². The molecule has 0 aromatic heterocycles. The minimum absolute atomic E-state index is 0.517. The van der Waals surface area contributed by atoms with Gasteiger partial charge in [0.05, 0.1) is 11.8 Å². The molecule has 4 heteroatoms. The standard InChI is InChI=1S/C8H8N2O2/c11-9-10-5-6-12-8-4-2-1-3-7(8)10/h1-4H,5-6H2. The van der Waals surface area contributed by atoms with Gasteiger partial charge in [-0.25, -0.2) is 5.01 Å². The van der Waals surface area contributed by atoms with E-state index in [9.17, 15) is 4.91 Å². The molecule has 0 spiro atoms. The molecule has 1 aliphatic heterocycles. The molecule has 4 nitrogen and oxygen atoms in total. The van der Waals surface area contributed by atoms with E-state index in [0.29, 0.717) is 13.2 Å². The number of ether oxygens (including phenoxy) is 1. The number of para-hydroxylation sites is 2. The zero-order valence-corrected chi connectivity index (χ0v) is 6.43. The molecule has 0 atom stereocenters. The van der Waals surface area contributed by atoms with Crippen LogP contribution < -0.4 is 9.75 Å². The number of benzene rings is 1. The molecule has 0 N–H and O–H groups in total. The minimum Gasteiger partial charge on any atom is -0.489 e. The predicted octanol–water partition coefficient (Wildman–Crippen LogP) is 1.57. The predicted molar refractivity (Wildman–Crippen MR) is 45.1 cm³/mol. The summed E-state index contributed by atoms with van der Waals surface area (Å²) in [6.45, 7) is 1.04. The number of hydrogen-bond donors (Lipinski definition) is 0. The molecule has 0 fully saturated rings. The van der Waals surface area contributed by atoms with Crippen LogP contribution in [0.2, 0.25) is 0 Å². The fourth-order valence-corrected chi connectivity index (χ4v) is 1.24. The van der Waals surface area contributed by atoms with Crippen molar-refractivity contribution in [3.8, 4) is 5.75 Å². The van der Waals surface area contributed by atoms with Crippen LogP contribution in [0.1, 0.15) is 0 Å². The Balaban J connectivity index is 2.43. The Morgan fingerprint density at radius 1 is 1.42 bits per heavy atom. The first-order chi connectivity index (χ1) is 5.92. The summed E-state index contributed by atoms with van der Waals surface area (Å²) in [5, 5.41) is 4.29. The van der Waals surface area contributed by atoms with Crippen LogP contribution in [0.3, 0.4) is 0 Å². The highest BCUT2D eigenvalue weighted by Crippen LogP contribution is 2.30. The number of nitrogens with zero attached hydrogens (tertiary/aromatic N) is 2. The molecule has 62 valence electrons. The van der Waals surface area contributed by atoms with Gasteiger partial charge in [-0.3, -0.25) is 0 Å². The molecule has 0 saturated carbocycles. The highest BCUT2D eigenvalue weighted by atomic mass is 16.5. The maximum absolute atomic E-state index is 10.3. The monoisotopic (exact) mass is 164 g/mol. The molecule has 12 heavy (non-hydrogen) atoms. The van der Waals surface area contributed by atoms with Crippen molar-refractivity contribution in [3.05, 3.63) is 29.2 Å². The third-order valence-corrected chi connectivity index (χ3v) is 1.80. The molecular weight excluding hydrogens is 156 g/mol. The molecule has 0 unspecified atom stereocenters. The first-order valence-electron chi connectivity index (χ1n) is 3.74. The van der Waals surface area contributed by atoms with Crippen molar-refractivity contribution in [2.45, 2.75) is 0 Å². The molecule has 1 aromatic rings. The van der Waals surface area contributed by atoms with E-state index in [4.69, 9.17) is 4.74 Å². The van der Waals surface area contributed by atoms with Crippen LogP contribution >= 0.6 is 0 Å². The Kier molecular flexibility index (Phi) is 1.66. The van der Waals surface area contributed by atoms with Crippen LogP contribution in [0.25, 0.3) is 0 Å². The van der Waals surface area contributed by atoms with Gasteiger partial charge in [0, 0.05) is 0 Å². The topological polar surface area (TPSA) is 41.9 Å². The van der Waals surface area contributed by atoms with Crippen LogP contribution in [0, 0.1) is 4.91 Å². The number of nitroso groups, excluding NO2 is 1. The summed E-state index contributed by atoms with van der Waals surface area (Å²) in [4.78, 5) is 10.3. The van der Waals surface area contributed by atoms with Crippen LogP contribution in [0.4, 0.5) is 5.69 Å². The first-order valence-corrected chi connectivity index (χ1v) is 3.74. The van der Waals surface area contributed by atoms with E-state index in [1.165, 1.54) is 5.01 Å². The molecule has 0 bridgehead atoms. The van der Waals surface area contributed by atoms with Gasteiger partial charge in [0.1, 0.15) is 18.0 Å². The van der Waals surface area contributed by atoms with E-state index in [1.54, 1.807) is 0 Å². The lowest BCUT2D eigenvalue weighted by Crippen LogP contribution is -2.27. The van der Waals surface area contributed by atoms with E-state index < -0.39 is 0 Å². The zero-order chi connectivity index (χ0) is 8.39. The molecule has 1 heterocycles. The van der Waals surface area contributed by atoms with Crippen LogP contribution in [-0.2, 0) is 0 Å². The first kappa shape index (κ1) is 7.09. The van der Waals surface area contributed by atoms with E-state index in [0.717, 1.165) is 11.4 Å². The number of fused-ring (bicyclic) bond motifs is 1. The lowest BCUT2D eigenvalue weighted by Gasteiger charge is -2.23. The summed E-state index contributed by atoms with van der Waals surface area (Å²) in [7, 11) is 0. The van der Waals surface area contributed by atoms with Crippen LogP contribution in [0.5, 0.6) is 5.75 Å². The van der Waals surface area contributed by atoms with Crippen molar-refractivity contribution in [2.24, 2.45) is 5.29 Å². The Morgan fingerprint density at radius 2 is 2.25 bits per heavy atom. The lowest BCUT2D eigenvalue weighted by atomic mass is 10.2. The van der Waals surface area contributed by atoms with Gasteiger partial charge >= 0.3 is 0 Å². The Hall–Kier alpha value is -1.58. The molecule has 0 saturated heterocycles. The zero-order valence-electron chi connectivity index (χ0n) is 6.43. The molecular formula is C8H8N2O2. The smallest absolute Gasteiger partial charge is 0.144 e. The molecule has 0 aliphatic carbocycles. The largest absolute Gasteiger partial charge is 0.489 e. The maximum Gasteiger partial charge on any atom is 0.144 e. The molecule has 0 radical (unpaired) electrons. The van der Waals surface area contributed by atoms with Gasteiger partial charge in [-0.05, 0) is 12.1 Å². The Morgan fingerprint density at radius 3 is 3.08 bits per heavy atom. The van der Waals surface area contributed by atoms with Crippen LogP contribution in [0.15, 0.2) is 29.6 Å². The summed E-state index contributed by atoms with van der Waals surface area (Å²) in [5.41, 5.74) is 0.749. The van der Waals surface area contributed by atoms with Gasteiger partial charge in [0.2, 0.25) is 0 Å². The second kappa shape index (κ2) is 2.81. The second-order valence-electron chi connectivity index (χ2n) is 2.52. The Bertz CT molecular complexity index is 301.